The Morgan fingerprint density at radius 3 is 2.42 bits per heavy atom. The van der Waals surface area contributed by atoms with Crippen molar-refractivity contribution in [1.29, 1.82) is 0 Å². The number of carbonyl (C=O) groups is 1. The molecule has 1 amide bonds. The second-order valence-electron chi connectivity index (χ2n) is 6.38. The Morgan fingerprint density at radius 2 is 1.81 bits per heavy atom. The van der Waals surface area contributed by atoms with Gasteiger partial charge in [-0.3, -0.25) is 9.48 Å². The average molecular weight is 448 g/mol. The fourth-order valence-electron chi connectivity index (χ4n) is 2.56. The third-order valence-electron chi connectivity index (χ3n) is 4.15. The number of amides is 1. The molecule has 0 spiro atoms. The second kappa shape index (κ2) is 8.25. The van der Waals surface area contributed by atoms with Gasteiger partial charge in [0.2, 0.25) is 10.0 Å². The van der Waals surface area contributed by atoms with E-state index in [1.54, 1.807) is 13.1 Å². The lowest BCUT2D eigenvalue weighted by Gasteiger charge is -2.09. The lowest BCUT2D eigenvalue weighted by Crippen LogP contribution is -2.16. The van der Waals surface area contributed by atoms with Gasteiger partial charge in [0, 0.05) is 18.2 Å². The van der Waals surface area contributed by atoms with Crippen LogP contribution < -0.4 is 10.5 Å². The highest BCUT2D eigenvalue weighted by atomic mass is 32.2. The number of primary sulfonamides is 1. The Morgan fingerprint density at radius 1 is 1.13 bits per heavy atom. The van der Waals surface area contributed by atoms with E-state index < -0.39 is 27.7 Å². The zero-order valence-corrected chi connectivity index (χ0v) is 16.8. The number of nitrogens with one attached hydrogen (secondary N) is 1. The number of alkyl halides is 3. The Balaban J connectivity index is 1.84. The SMILES string of the molecule is Cn1ncc(C#Cc2cccc(S(N)(=O)=O)c2)c1NC(=O)c1ccc(C(F)(F)F)cc1. The fourth-order valence-corrected chi connectivity index (χ4v) is 3.12. The molecule has 0 radical (unpaired) electrons. The quantitative estimate of drug-likeness (QED) is 0.601. The van der Waals surface area contributed by atoms with Gasteiger partial charge in [0.25, 0.3) is 5.91 Å². The minimum absolute atomic E-state index is 0.0222. The Labute approximate surface area is 175 Å². The van der Waals surface area contributed by atoms with E-state index in [0.717, 1.165) is 24.3 Å². The number of hydrogen-bond acceptors (Lipinski definition) is 4. The Bertz CT molecular complexity index is 1300. The van der Waals surface area contributed by atoms with Gasteiger partial charge in [-0.2, -0.15) is 18.3 Å². The summed E-state index contributed by atoms with van der Waals surface area (Å²) in [5.41, 5.74) is -0.147. The van der Waals surface area contributed by atoms with Crippen molar-refractivity contribution in [3.63, 3.8) is 0 Å². The molecule has 2 aromatic carbocycles. The first-order valence-corrected chi connectivity index (χ1v) is 10.2. The molecule has 1 aromatic heterocycles. The van der Waals surface area contributed by atoms with Gasteiger partial charge >= 0.3 is 6.18 Å². The van der Waals surface area contributed by atoms with Crippen LogP contribution in [0.3, 0.4) is 0 Å². The summed E-state index contributed by atoms with van der Waals surface area (Å²) in [6.45, 7) is 0. The van der Waals surface area contributed by atoms with E-state index >= 15 is 0 Å². The van der Waals surface area contributed by atoms with E-state index in [0.29, 0.717) is 11.1 Å². The number of sulfonamides is 1. The zero-order valence-electron chi connectivity index (χ0n) is 15.9. The van der Waals surface area contributed by atoms with Crippen LogP contribution in [0, 0.1) is 11.8 Å². The summed E-state index contributed by atoms with van der Waals surface area (Å²) < 4.78 is 62.3. The number of aryl methyl sites for hydroxylation is 1. The van der Waals surface area contributed by atoms with Crippen LogP contribution in [0.2, 0.25) is 0 Å². The van der Waals surface area contributed by atoms with Gasteiger partial charge in [-0.05, 0) is 42.5 Å². The maximum absolute atomic E-state index is 12.7. The minimum Gasteiger partial charge on any atom is -0.306 e. The smallest absolute Gasteiger partial charge is 0.306 e. The zero-order chi connectivity index (χ0) is 22.8. The molecular weight excluding hydrogens is 433 g/mol. The number of anilines is 1. The number of benzene rings is 2. The standard InChI is InChI=1S/C20H15F3N4O3S/c1-27-18(26-19(28)14-7-9-16(10-8-14)20(21,22)23)15(12-25-27)6-5-13-3-2-4-17(11-13)31(24,29)30/h2-4,7-12H,1H3,(H,26,28)(H2,24,29,30). The third-order valence-corrected chi connectivity index (χ3v) is 5.06. The predicted molar refractivity (Wildman–Crippen MR) is 106 cm³/mol. The summed E-state index contributed by atoms with van der Waals surface area (Å²) in [7, 11) is -2.33. The molecule has 0 unspecified atom stereocenters. The van der Waals surface area contributed by atoms with Crippen molar-refractivity contribution in [2.75, 3.05) is 5.32 Å². The van der Waals surface area contributed by atoms with Gasteiger partial charge in [-0.15, -0.1) is 0 Å². The maximum Gasteiger partial charge on any atom is 0.416 e. The van der Waals surface area contributed by atoms with Gasteiger partial charge in [0.15, 0.2) is 0 Å². The molecule has 3 rings (SSSR count). The lowest BCUT2D eigenvalue weighted by atomic mass is 10.1. The normalized spacial score (nSPS) is 11.5. The van der Waals surface area contributed by atoms with Crippen LogP contribution in [0.1, 0.15) is 27.0 Å². The van der Waals surface area contributed by atoms with Gasteiger partial charge in [-0.25, -0.2) is 13.6 Å². The first kappa shape index (κ1) is 22.1. The van der Waals surface area contributed by atoms with E-state index in [9.17, 15) is 26.4 Å². The molecule has 7 nitrogen and oxygen atoms in total. The van der Waals surface area contributed by atoms with E-state index in [1.165, 1.54) is 29.1 Å². The summed E-state index contributed by atoms with van der Waals surface area (Å²) in [5.74, 6) is 5.13. The number of halogens is 3. The number of hydrogen-bond donors (Lipinski definition) is 2. The average Bonchev–Trinajstić information content (AvgIpc) is 3.05. The molecular formula is C20H15F3N4O3S. The molecule has 31 heavy (non-hydrogen) atoms. The summed E-state index contributed by atoms with van der Waals surface area (Å²) in [5, 5.41) is 11.7. The van der Waals surface area contributed by atoms with E-state index in [-0.39, 0.29) is 16.3 Å². The largest absolute Gasteiger partial charge is 0.416 e. The van der Waals surface area contributed by atoms with Crippen LogP contribution in [0.15, 0.2) is 59.6 Å². The molecule has 11 heteroatoms. The third kappa shape index (κ3) is 5.30. The summed E-state index contributed by atoms with van der Waals surface area (Å²) >= 11 is 0. The highest BCUT2D eigenvalue weighted by Gasteiger charge is 2.30. The fraction of sp³-hybridized carbons (Fsp3) is 0.100. The molecule has 0 aliphatic heterocycles. The highest BCUT2D eigenvalue weighted by Crippen LogP contribution is 2.29. The van der Waals surface area contributed by atoms with Crippen LogP contribution in [-0.2, 0) is 23.2 Å². The van der Waals surface area contributed by atoms with Crippen molar-refractivity contribution >= 4 is 21.7 Å². The van der Waals surface area contributed by atoms with Gasteiger partial charge in [0.05, 0.1) is 22.2 Å². The highest BCUT2D eigenvalue weighted by molar-refractivity contribution is 7.89. The van der Waals surface area contributed by atoms with Crippen molar-refractivity contribution in [3.8, 4) is 11.8 Å². The number of rotatable bonds is 3. The molecule has 3 N–H and O–H groups in total. The van der Waals surface area contributed by atoms with Crippen LogP contribution in [0.4, 0.5) is 19.0 Å². The van der Waals surface area contributed by atoms with Gasteiger partial charge < -0.3 is 5.32 Å². The van der Waals surface area contributed by atoms with Crippen molar-refractivity contribution < 1.29 is 26.4 Å². The summed E-state index contributed by atoms with van der Waals surface area (Å²) in [4.78, 5) is 12.3. The van der Waals surface area contributed by atoms with E-state index in [1.807, 2.05) is 0 Å². The van der Waals surface area contributed by atoms with Crippen LogP contribution >= 0.6 is 0 Å². The van der Waals surface area contributed by atoms with Crippen molar-refractivity contribution in [2.45, 2.75) is 11.1 Å². The van der Waals surface area contributed by atoms with Crippen LogP contribution in [0.25, 0.3) is 0 Å². The van der Waals surface area contributed by atoms with Gasteiger partial charge in [0.1, 0.15) is 5.82 Å². The van der Waals surface area contributed by atoms with Crippen LogP contribution in [0.5, 0.6) is 0 Å². The topological polar surface area (TPSA) is 107 Å². The lowest BCUT2D eigenvalue weighted by molar-refractivity contribution is -0.137. The van der Waals surface area contributed by atoms with Crippen molar-refractivity contribution in [3.05, 3.63) is 77.0 Å². The number of nitrogens with zero attached hydrogens (tertiary/aromatic N) is 2. The summed E-state index contributed by atoms with van der Waals surface area (Å²) in [6, 6.07) is 9.48. The predicted octanol–water partition coefficient (Wildman–Crippen LogP) is 2.74. The monoisotopic (exact) mass is 448 g/mol. The van der Waals surface area contributed by atoms with E-state index in [4.69, 9.17) is 5.14 Å². The molecule has 160 valence electrons. The molecule has 0 aliphatic rings. The molecule has 0 fully saturated rings. The molecule has 3 aromatic rings. The molecule has 1 heterocycles. The Hall–Kier alpha value is -3.62. The van der Waals surface area contributed by atoms with Crippen molar-refractivity contribution in [1.82, 2.24) is 9.78 Å². The molecule has 0 atom stereocenters. The Kier molecular flexibility index (Phi) is 5.88. The number of aromatic nitrogens is 2. The molecule has 0 saturated carbocycles. The first-order valence-electron chi connectivity index (χ1n) is 8.60. The number of nitrogens with two attached hydrogens (primary N) is 1. The maximum atomic E-state index is 12.7. The minimum atomic E-state index is -4.50. The second-order valence-corrected chi connectivity index (χ2v) is 7.94. The molecule has 0 aliphatic carbocycles. The molecule has 0 bridgehead atoms. The van der Waals surface area contributed by atoms with Gasteiger partial charge in [-0.1, -0.05) is 17.9 Å². The summed E-state index contributed by atoms with van der Waals surface area (Å²) in [6.07, 6.45) is -3.11. The first-order chi connectivity index (χ1) is 14.4. The number of carbonyl (C=O) groups excluding carboxylic acids is 1. The van der Waals surface area contributed by atoms with Crippen molar-refractivity contribution in [2.24, 2.45) is 12.2 Å². The molecule has 0 saturated heterocycles. The van der Waals surface area contributed by atoms with E-state index in [2.05, 4.69) is 22.3 Å². The van der Waals surface area contributed by atoms with Crippen LogP contribution in [-0.4, -0.2) is 24.1 Å².